The Morgan fingerprint density at radius 3 is 2.94 bits per heavy atom. The van der Waals surface area contributed by atoms with Crippen LogP contribution in [0.5, 0.6) is 0 Å². The van der Waals surface area contributed by atoms with E-state index < -0.39 is 5.97 Å². The molecule has 2 rings (SSSR count). The third kappa shape index (κ3) is 2.09. The van der Waals surface area contributed by atoms with Gasteiger partial charge in [-0.3, -0.25) is 0 Å². The van der Waals surface area contributed by atoms with E-state index in [4.69, 9.17) is 19.3 Å². The normalized spacial score (nSPS) is 10.6. The fourth-order valence-electron chi connectivity index (χ4n) is 1.60. The highest BCUT2D eigenvalue weighted by molar-refractivity contribution is 5.92. The van der Waals surface area contributed by atoms with Crippen LogP contribution in [0.25, 0.3) is 11.5 Å². The van der Waals surface area contributed by atoms with E-state index in [1.807, 2.05) is 6.92 Å². The largest absolute Gasteiger partial charge is 0.469 e. The summed E-state index contributed by atoms with van der Waals surface area (Å²) in [5.41, 5.74) is 6.30. The van der Waals surface area contributed by atoms with Gasteiger partial charge in [0, 0.05) is 6.42 Å². The van der Waals surface area contributed by atoms with E-state index in [2.05, 4.69) is 4.98 Å². The Kier molecular flexibility index (Phi) is 3.36. The second-order valence-electron chi connectivity index (χ2n) is 3.56. The molecule has 6 heteroatoms. The van der Waals surface area contributed by atoms with Crippen LogP contribution in [-0.2, 0) is 11.2 Å². The summed E-state index contributed by atoms with van der Waals surface area (Å²) < 4.78 is 15.4. The molecular weight excluding hydrogens is 236 g/mol. The summed E-state index contributed by atoms with van der Waals surface area (Å²) in [7, 11) is 0. The maximum atomic E-state index is 11.6. The summed E-state index contributed by atoms with van der Waals surface area (Å²) in [6.45, 7) is 3.91. The summed E-state index contributed by atoms with van der Waals surface area (Å²) in [5.74, 6) is 0.353. The minimum absolute atomic E-state index is 0.00453. The van der Waals surface area contributed by atoms with Crippen LogP contribution in [0.1, 0.15) is 30.1 Å². The van der Waals surface area contributed by atoms with Gasteiger partial charge < -0.3 is 19.3 Å². The summed E-state index contributed by atoms with van der Waals surface area (Å²) >= 11 is 0. The Labute approximate surface area is 104 Å². The predicted octanol–water partition coefficient (Wildman–Crippen LogP) is 2.26. The van der Waals surface area contributed by atoms with Crippen LogP contribution >= 0.6 is 0 Å². The molecule has 2 heterocycles. The number of rotatable bonds is 4. The average molecular weight is 250 g/mol. The molecule has 2 N–H and O–H groups in total. The first kappa shape index (κ1) is 12.2. The Bertz CT molecular complexity index is 556. The van der Waals surface area contributed by atoms with Crippen LogP contribution in [-0.4, -0.2) is 17.6 Å². The molecule has 0 aliphatic carbocycles. The van der Waals surface area contributed by atoms with Crippen molar-refractivity contribution in [2.75, 3.05) is 12.3 Å². The van der Waals surface area contributed by atoms with Crippen molar-refractivity contribution >= 4 is 11.9 Å². The molecule has 0 aromatic carbocycles. The van der Waals surface area contributed by atoms with Gasteiger partial charge in [0.1, 0.15) is 5.76 Å². The lowest BCUT2D eigenvalue weighted by atomic mass is 10.2. The summed E-state index contributed by atoms with van der Waals surface area (Å²) in [6.07, 6.45) is 2.23. The molecule has 2 aromatic rings. The van der Waals surface area contributed by atoms with Crippen molar-refractivity contribution in [3.8, 4) is 11.5 Å². The van der Waals surface area contributed by atoms with Crippen LogP contribution in [0.15, 0.2) is 21.2 Å². The second kappa shape index (κ2) is 4.95. The van der Waals surface area contributed by atoms with Crippen LogP contribution in [0.4, 0.5) is 5.88 Å². The van der Waals surface area contributed by atoms with Gasteiger partial charge in [0.05, 0.1) is 18.4 Å². The lowest BCUT2D eigenvalue weighted by Gasteiger charge is -1.96. The van der Waals surface area contributed by atoms with Crippen molar-refractivity contribution in [2.45, 2.75) is 20.3 Å². The van der Waals surface area contributed by atoms with Crippen LogP contribution in [0.3, 0.4) is 0 Å². The molecule has 0 unspecified atom stereocenters. The van der Waals surface area contributed by atoms with E-state index in [1.54, 1.807) is 19.3 Å². The standard InChI is InChI=1S/C12H14N2O4/c1-3-8-7(5-6-17-8)11-14-9(10(13)18-11)12(15)16-4-2/h5-6H,3-4,13H2,1-2H3. The average Bonchev–Trinajstić information content (AvgIpc) is 2.94. The first-order valence-electron chi connectivity index (χ1n) is 5.67. The lowest BCUT2D eigenvalue weighted by Crippen LogP contribution is -2.07. The number of aromatic nitrogens is 1. The first-order valence-corrected chi connectivity index (χ1v) is 5.67. The molecular formula is C12H14N2O4. The zero-order valence-electron chi connectivity index (χ0n) is 10.2. The van der Waals surface area contributed by atoms with Gasteiger partial charge in [0.25, 0.3) is 0 Å². The molecule has 0 spiro atoms. The van der Waals surface area contributed by atoms with Gasteiger partial charge in [-0.15, -0.1) is 0 Å². The van der Waals surface area contributed by atoms with Crippen molar-refractivity contribution < 1.29 is 18.4 Å². The zero-order valence-corrected chi connectivity index (χ0v) is 10.2. The van der Waals surface area contributed by atoms with Crippen LogP contribution in [0, 0.1) is 0 Å². The summed E-state index contributed by atoms with van der Waals surface area (Å²) in [6, 6.07) is 1.72. The van der Waals surface area contributed by atoms with Crippen molar-refractivity contribution in [1.82, 2.24) is 4.98 Å². The quantitative estimate of drug-likeness (QED) is 0.837. The molecule has 18 heavy (non-hydrogen) atoms. The molecule has 0 radical (unpaired) electrons. The maximum absolute atomic E-state index is 11.6. The number of nitrogen functional groups attached to an aromatic ring is 1. The van der Waals surface area contributed by atoms with Crippen molar-refractivity contribution in [2.24, 2.45) is 0 Å². The molecule has 2 aromatic heterocycles. The molecule has 0 atom stereocenters. The van der Waals surface area contributed by atoms with E-state index >= 15 is 0 Å². The van der Waals surface area contributed by atoms with Gasteiger partial charge in [-0.1, -0.05) is 6.92 Å². The molecule has 96 valence electrons. The first-order chi connectivity index (χ1) is 8.67. The third-order valence-electron chi connectivity index (χ3n) is 2.42. The van der Waals surface area contributed by atoms with E-state index in [1.165, 1.54) is 0 Å². The fourth-order valence-corrected chi connectivity index (χ4v) is 1.60. The SMILES string of the molecule is CCOC(=O)c1nc(-c2ccoc2CC)oc1N. The minimum Gasteiger partial charge on any atom is -0.469 e. The number of oxazole rings is 1. The Morgan fingerprint density at radius 1 is 1.50 bits per heavy atom. The number of carbonyl (C=O) groups excluding carboxylic acids is 1. The Balaban J connectivity index is 2.37. The molecule has 0 bridgehead atoms. The highest BCUT2D eigenvalue weighted by Gasteiger charge is 2.22. The molecule has 0 aliphatic heterocycles. The smallest absolute Gasteiger partial charge is 0.362 e. The number of ether oxygens (including phenoxy) is 1. The number of nitrogens with zero attached hydrogens (tertiary/aromatic N) is 1. The zero-order chi connectivity index (χ0) is 13.1. The van der Waals surface area contributed by atoms with E-state index in [0.717, 1.165) is 5.76 Å². The highest BCUT2D eigenvalue weighted by Crippen LogP contribution is 2.28. The number of aryl methyl sites for hydroxylation is 1. The van der Waals surface area contributed by atoms with Gasteiger partial charge in [-0.25, -0.2) is 4.79 Å². The van der Waals surface area contributed by atoms with Gasteiger partial charge >= 0.3 is 5.97 Å². The molecule has 0 aliphatic rings. The second-order valence-corrected chi connectivity index (χ2v) is 3.56. The van der Waals surface area contributed by atoms with Crippen molar-refractivity contribution in [3.05, 3.63) is 23.8 Å². The fraction of sp³-hybridized carbons (Fsp3) is 0.333. The lowest BCUT2D eigenvalue weighted by molar-refractivity contribution is 0.0521. The summed E-state index contributed by atoms with van der Waals surface area (Å²) in [4.78, 5) is 15.6. The van der Waals surface area contributed by atoms with Crippen molar-refractivity contribution in [3.63, 3.8) is 0 Å². The maximum Gasteiger partial charge on any atom is 0.362 e. The van der Waals surface area contributed by atoms with Gasteiger partial charge in [0.15, 0.2) is 0 Å². The number of esters is 1. The third-order valence-corrected chi connectivity index (χ3v) is 2.42. The number of nitrogens with two attached hydrogens (primary N) is 1. The topological polar surface area (TPSA) is 91.5 Å². The van der Waals surface area contributed by atoms with E-state index in [0.29, 0.717) is 12.0 Å². The number of anilines is 1. The van der Waals surface area contributed by atoms with Gasteiger partial charge in [0.2, 0.25) is 17.5 Å². The van der Waals surface area contributed by atoms with Crippen molar-refractivity contribution in [1.29, 1.82) is 0 Å². The highest BCUT2D eigenvalue weighted by atomic mass is 16.5. The van der Waals surface area contributed by atoms with E-state index in [9.17, 15) is 4.79 Å². The van der Waals surface area contributed by atoms with Gasteiger partial charge in [-0.2, -0.15) is 4.98 Å². The number of carbonyl (C=O) groups is 1. The Morgan fingerprint density at radius 2 is 2.28 bits per heavy atom. The molecule has 0 amide bonds. The Hall–Kier alpha value is -2.24. The monoisotopic (exact) mass is 250 g/mol. The minimum atomic E-state index is -0.591. The summed E-state index contributed by atoms with van der Waals surface area (Å²) in [5, 5.41) is 0. The number of furan rings is 1. The molecule has 0 saturated heterocycles. The van der Waals surface area contributed by atoms with Crippen LogP contribution in [0.2, 0.25) is 0 Å². The van der Waals surface area contributed by atoms with Gasteiger partial charge in [-0.05, 0) is 13.0 Å². The number of hydrogen-bond acceptors (Lipinski definition) is 6. The molecule has 0 saturated carbocycles. The van der Waals surface area contributed by atoms with Crippen LogP contribution < -0.4 is 5.73 Å². The van der Waals surface area contributed by atoms with E-state index in [-0.39, 0.29) is 24.1 Å². The molecule has 0 fully saturated rings. The molecule has 6 nitrogen and oxygen atoms in total. The number of hydrogen-bond donors (Lipinski definition) is 1. The predicted molar refractivity (Wildman–Crippen MR) is 64.0 cm³/mol.